The normalized spacial score (nSPS) is 5.00. The molecule has 0 bridgehead atoms. The predicted octanol–water partition coefficient (Wildman–Crippen LogP) is 0.644. The molecule has 0 heterocycles. The molecule has 0 saturated carbocycles. The Morgan fingerprint density at radius 2 is 2.25 bits per heavy atom. The third kappa shape index (κ3) is 1.76. The van der Waals surface area contributed by atoms with Gasteiger partial charge in [-0.2, -0.15) is 0 Å². The van der Waals surface area contributed by atoms with Crippen LogP contribution in [0.4, 0.5) is 0 Å². The van der Waals surface area contributed by atoms with Gasteiger partial charge in [0.05, 0.1) is 5.49 Å². The highest BCUT2D eigenvalue weighted by atomic mass is 32.1. The Morgan fingerprint density at radius 1 is 2.00 bits per heavy atom. The van der Waals surface area contributed by atoms with Crippen LogP contribution in [0.15, 0.2) is 4.99 Å². The van der Waals surface area contributed by atoms with E-state index < -0.39 is 0 Å². The summed E-state index contributed by atoms with van der Waals surface area (Å²) in [7, 11) is 0. The highest BCUT2D eigenvalue weighted by Crippen LogP contribution is 1.42. The molecule has 0 unspecified atom stereocenters. The van der Waals surface area contributed by atoms with Gasteiger partial charge in [-0.1, -0.05) is 12.2 Å². The fourth-order valence-corrected chi connectivity index (χ4v) is 0. The zero-order valence-electron chi connectivity index (χ0n) is 2.14. The van der Waals surface area contributed by atoms with Crippen LogP contribution in [0, 0.1) is 0 Å². The third-order valence-electron chi connectivity index (χ3n) is 0.0745. The van der Waals surface area contributed by atoms with E-state index in [0.717, 1.165) is 0 Å². The maximum atomic E-state index is 4.20. The Labute approximate surface area is 30.4 Å². The van der Waals surface area contributed by atoms with Crippen LogP contribution in [0.1, 0.15) is 0 Å². The molecule has 4 heavy (non-hydrogen) atoms. The summed E-state index contributed by atoms with van der Waals surface area (Å²) >= 11 is 4.20. The molecule has 0 amide bonds. The van der Waals surface area contributed by atoms with Gasteiger partial charge in [-0.3, -0.25) is 4.99 Å². The van der Waals surface area contributed by atoms with Crippen molar-refractivity contribution in [1.29, 1.82) is 0 Å². The third-order valence-corrected chi connectivity index (χ3v) is 0.224. The van der Waals surface area contributed by atoms with Crippen LogP contribution in [-0.4, -0.2) is 12.2 Å². The summed E-state index contributed by atoms with van der Waals surface area (Å²) in [6.07, 6.45) is 0. The summed E-state index contributed by atoms with van der Waals surface area (Å²) in [5.41, 5.74) is 1.22. The highest BCUT2D eigenvalue weighted by Gasteiger charge is 1.30. The quantitative estimate of drug-likeness (QED) is 0.328. The van der Waals surface area contributed by atoms with Gasteiger partial charge in [0.1, 0.15) is 0 Å². The molecule has 1 nitrogen and oxygen atoms in total. The SMILES string of the molecule is C=NC=S. The second-order valence-corrected chi connectivity index (χ2v) is 0.499. The minimum atomic E-state index is 1.22. The van der Waals surface area contributed by atoms with Crippen molar-refractivity contribution in [3.63, 3.8) is 0 Å². The molecule has 0 radical (unpaired) electrons. The molecular formula is C2H3NS. The van der Waals surface area contributed by atoms with Crippen molar-refractivity contribution < 1.29 is 0 Å². The minimum Gasteiger partial charge on any atom is -0.261 e. The maximum Gasteiger partial charge on any atom is 0.0890 e. The van der Waals surface area contributed by atoms with Crippen LogP contribution in [0.2, 0.25) is 0 Å². The monoisotopic (exact) mass is 73.0 g/mol. The van der Waals surface area contributed by atoms with Crippen molar-refractivity contribution in [2.75, 3.05) is 0 Å². The zero-order valence-corrected chi connectivity index (χ0v) is 2.96. The molecule has 0 aliphatic rings. The second kappa shape index (κ2) is 2.76. The van der Waals surface area contributed by atoms with Gasteiger partial charge in [0, 0.05) is 0 Å². The standard InChI is InChI=1S/C2H3NS/c1-3-2-4/h2H,1H2. The Bertz CT molecular complexity index is 27.0. The molecule has 0 rings (SSSR count). The predicted molar refractivity (Wildman–Crippen MR) is 23.2 cm³/mol. The first-order chi connectivity index (χ1) is 1.91. The van der Waals surface area contributed by atoms with E-state index in [2.05, 4.69) is 23.9 Å². The fourth-order valence-electron chi connectivity index (χ4n) is 0. The van der Waals surface area contributed by atoms with E-state index in [-0.39, 0.29) is 0 Å². The fraction of sp³-hybridized carbons (Fsp3) is 0. The molecule has 0 aliphatic heterocycles. The summed E-state index contributed by atoms with van der Waals surface area (Å²) in [6.45, 7) is 3.07. The number of aliphatic imine (C=N–C) groups is 1. The van der Waals surface area contributed by atoms with Gasteiger partial charge in [-0.25, -0.2) is 0 Å². The van der Waals surface area contributed by atoms with Gasteiger partial charge in [-0.05, 0) is 6.72 Å². The first-order valence-electron chi connectivity index (χ1n) is 0.810. The van der Waals surface area contributed by atoms with Crippen molar-refractivity contribution in [2.45, 2.75) is 0 Å². The van der Waals surface area contributed by atoms with Crippen LogP contribution in [0.25, 0.3) is 0 Å². The first-order valence-corrected chi connectivity index (χ1v) is 1.28. The van der Waals surface area contributed by atoms with Crippen molar-refractivity contribution in [3.05, 3.63) is 0 Å². The van der Waals surface area contributed by atoms with Gasteiger partial charge in [0.15, 0.2) is 0 Å². The van der Waals surface area contributed by atoms with E-state index >= 15 is 0 Å². The lowest BCUT2D eigenvalue weighted by atomic mass is 11.4. The maximum absolute atomic E-state index is 4.20. The van der Waals surface area contributed by atoms with Crippen molar-refractivity contribution >= 4 is 24.4 Å². The van der Waals surface area contributed by atoms with Crippen molar-refractivity contribution in [1.82, 2.24) is 0 Å². The van der Waals surface area contributed by atoms with Crippen LogP contribution < -0.4 is 0 Å². The van der Waals surface area contributed by atoms with Crippen LogP contribution >= 0.6 is 12.2 Å². The molecule has 2 heteroatoms. The Kier molecular flexibility index (Phi) is 2.59. The number of nitrogens with zero attached hydrogens (tertiary/aromatic N) is 1. The molecule has 0 aromatic heterocycles. The zero-order chi connectivity index (χ0) is 3.41. The van der Waals surface area contributed by atoms with Crippen LogP contribution in [0.3, 0.4) is 0 Å². The summed E-state index contributed by atoms with van der Waals surface area (Å²) in [5.74, 6) is 0. The average Bonchev–Trinajstić information content (AvgIpc) is 1.37. The molecule has 0 aromatic rings. The number of hydrogen-bond donors (Lipinski definition) is 0. The second-order valence-electron chi connectivity index (χ2n) is 0.288. The Morgan fingerprint density at radius 3 is 2.25 bits per heavy atom. The molecule has 0 fully saturated rings. The molecule has 0 aromatic carbocycles. The lowest BCUT2D eigenvalue weighted by Gasteiger charge is -1.45. The number of thiocarbonyl (C=S) groups is 1. The molecule has 0 atom stereocenters. The van der Waals surface area contributed by atoms with Crippen molar-refractivity contribution in [2.24, 2.45) is 4.99 Å². The summed E-state index contributed by atoms with van der Waals surface area (Å²) < 4.78 is 0. The van der Waals surface area contributed by atoms with Gasteiger partial charge in [0.2, 0.25) is 0 Å². The topological polar surface area (TPSA) is 12.4 Å². The summed E-state index contributed by atoms with van der Waals surface area (Å²) in [5, 5.41) is 0. The average molecular weight is 73.1 g/mol. The molecule has 0 spiro atoms. The van der Waals surface area contributed by atoms with Gasteiger partial charge in [0.25, 0.3) is 0 Å². The highest BCUT2D eigenvalue weighted by molar-refractivity contribution is 7.78. The number of rotatable bonds is 1. The smallest absolute Gasteiger partial charge is 0.0890 e. The van der Waals surface area contributed by atoms with Crippen molar-refractivity contribution in [3.8, 4) is 0 Å². The molecule has 0 N–H and O–H groups in total. The largest absolute Gasteiger partial charge is 0.261 e. The van der Waals surface area contributed by atoms with E-state index in [0.29, 0.717) is 0 Å². The van der Waals surface area contributed by atoms with Gasteiger partial charge >= 0.3 is 0 Å². The minimum absolute atomic E-state index is 1.22. The molecule has 0 saturated heterocycles. The van der Waals surface area contributed by atoms with E-state index in [1.165, 1.54) is 5.49 Å². The van der Waals surface area contributed by atoms with Gasteiger partial charge < -0.3 is 0 Å². The van der Waals surface area contributed by atoms with Crippen LogP contribution in [-0.2, 0) is 0 Å². The van der Waals surface area contributed by atoms with Crippen LogP contribution in [0.5, 0.6) is 0 Å². The molecule has 22 valence electrons. The Balaban J connectivity index is 2.73. The van der Waals surface area contributed by atoms with E-state index in [4.69, 9.17) is 0 Å². The van der Waals surface area contributed by atoms with E-state index in [9.17, 15) is 0 Å². The Hall–Kier alpha value is -0.240. The van der Waals surface area contributed by atoms with E-state index in [1.807, 2.05) is 0 Å². The summed E-state index contributed by atoms with van der Waals surface area (Å²) in [4.78, 5) is 3.18. The lowest BCUT2D eigenvalue weighted by Crippen LogP contribution is -1.40. The van der Waals surface area contributed by atoms with E-state index in [1.54, 1.807) is 0 Å². The molecular weight excluding hydrogens is 70.1 g/mol. The lowest BCUT2D eigenvalue weighted by molar-refractivity contribution is 1.93. The molecule has 0 aliphatic carbocycles. The first kappa shape index (κ1) is 3.76. The summed E-state index contributed by atoms with van der Waals surface area (Å²) in [6, 6.07) is 0. The van der Waals surface area contributed by atoms with Gasteiger partial charge in [-0.15, -0.1) is 0 Å². The number of hydrogen-bond acceptors (Lipinski definition) is 1.